The summed E-state index contributed by atoms with van der Waals surface area (Å²) in [5.74, 6) is -1.41. The molecule has 2 aliphatic carbocycles. The number of ether oxygens (including phenoxy) is 1. The van der Waals surface area contributed by atoms with Crippen molar-refractivity contribution in [1.29, 1.82) is 0 Å². The van der Waals surface area contributed by atoms with Gasteiger partial charge in [-0.15, -0.1) is 0 Å². The second-order valence-corrected chi connectivity index (χ2v) is 8.57. The molecule has 0 bridgehead atoms. The van der Waals surface area contributed by atoms with Crippen molar-refractivity contribution in [2.45, 2.75) is 88.7 Å². The van der Waals surface area contributed by atoms with Crippen LogP contribution in [0.2, 0.25) is 0 Å². The van der Waals surface area contributed by atoms with Crippen LogP contribution in [-0.4, -0.2) is 59.1 Å². The molecule has 28 heavy (non-hydrogen) atoms. The van der Waals surface area contributed by atoms with Crippen LogP contribution in [0.1, 0.15) is 77.0 Å². The first-order valence-electron chi connectivity index (χ1n) is 11.0. The number of carboxylic acids is 1. The van der Waals surface area contributed by atoms with Gasteiger partial charge in [-0.25, -0.2) is 4.79 Å². The van der Waals surface area contributed by atoms with E-state index in [1.165, 1.54) is 6.42 Å². The third kappa shape index (κ3) is 4.67. The SMILES string of the molecule is O=C(CNCC(=O)N1CCC[C@]1(C(=O)O)C1CCCCC1)OC1CCCCC1. The fourth-order valence-electron chi connectivity index (χ4n) is 5.37. The summed E-state index contributed by atoms with van der Waals surface area (Å²) >= 11 is 0. The lowest BCUT2D eigenvalue weighted by molar-refractivity contribution is -0.161. The van der Waals surface area contributed by atoms with Crippen LogP contribution in [0.15, 0.2) is 0 Å². The standard InChI is InChI=1S/C21H34N2O5/c24-18(14-22-15-19(25)28-17-10-5-2-6-11-17)23-13-7-12-21(23,20(26)27)16-8-3-1-4-9-16/h16-17,22H,1-15H2,(H,26,27)/t21-/m1/s1. The molecular formula is C21H34N2O5. The zero-order chi connectivity index (χ0) is 20.0. The highest BCUT2D eigenvalue weighted by Crippen LogP contribution is 2.43. The number of nitrogens with one attached hydrogen (secondary N) is 1. The van der Waals surface area contributed by atoms with Gasteiger partial charge in [-0.2, -0.15) is 0 Å². The van der Waals surface area contributed by atoms with Gasteiger partial charge < -0.3 is 14.7 Å². The Morgan fingerprint density at radius 3 is 2.21 bits per heavy atom. The Bertz CT molecular complexity index is 569. The van der Waals surface area contributed by atoms with E-state index in [1.807, 2.05) is 0 Å². The normalized spacial score (nSPS) is 26.9. The van der Waals surface area contributed by atoms with Gasteiger partial charge in [-0.1, -0.05) is 25.7 Å². The van der Waals surface area contributed by atoms with E-state index in [0.29, 0.717) is 13.0 Å². The molecule has 3 fully saturated rings. The Morgan fingerprint density at radius 2 is 1.57 bits per heavy atom. The molecule has 0 radical (unpaired) electrons. The summed E-state index contributed by atoms with van der Waals surface area (Å²) in [5.41, 5.74) is -1.07. The van der Waals surface area contributed by atoms with Crippen molar-refractivity contribution in [3.05, 3.63) is 0 Å². The fourth-order valence-corrected chi connectivity index (χ4v) is 5.37. The molecule has 0 aromatic carbocycles. The molecule has 7 heteroatoms. The number of esters is 1. The largest absolute Gasteiger partial charge is 0.479 e. The number of amides is 1. The monoisotopic (exact) mass is 394 g/mol. The van der Waals surface area contributed by atoms with Crippen molar-refractivity contribution < 1.29 is 24.2 Å². The molecule has 1 atom stereocenters. The summed E-state index contributed by atoms with van der Waals surface area (Å²) in [6, 6.07) is 0. The number of carbonyl (C=O) groups is 3. The number of aliphatic carboxylic acids is 1. The van der Waals surface area contributed by atoms with Crippen LogP contribution >= 0.6 is 0 Å². The lowest BCUT2D eigenvalue weighted by atomic mass is 9.73. The molecule has 3 aliphatic rings. The zero-order valence-corrected chi connectivity index (χ0v) is 16.8. The van der Waals surface area contributed by atoms with Gasteiger partial charge in [0.2, 0.25) is 5.91 Å². The number of nitrogens with zero attached hydrogens (tertiary/aromatic N) is 1. The van der Waals surface area contributed by atoms with Gasteiger partial charge >= 0.3 is 11.9 Å². The first kappa shape index (κ1) is 21.1. The van der Waals surface area contributed by atoms with Gasteiger partial charge in [0.15, 0.2) is 0 Å². The van der Waals surface area contributed by atoms with E-state index in [0.717, 1.165) is 64.2 Å². The minimum Gasteiger partial charge on any atom is -0.479 e. The first-order chi connectivity index (χ1) is 13.5. The average Bonchev–Trinajstić information content (AvgIpc) is 3.16. The summed E-state index contributed by atoms with van der Waals surface area (Å²) in [6.45, 7) is 0.441. The van der Waals surface area contributed by atoms with Crippen molar-refractivity contribution >= 4 is 17.8 Å². The van der Waals surface area contributed by atoms with E-state index in [-0.39, 0.29) is 37.0 Å². The van der Waals surface area contributed by atoms with E-state index in [9.17, 15) is 19.5 Å². The maximum absolute atomic E-state index is 12.8. The van der Waals surface area contributed by atoms with E-state index in [4.69, 9.17) is 4.74 Å². The molecule has 0 unspecified atom stereocenters. The Kier molecular flexibility index (Phi) is 7.32. The first-order valence-corrected chi connectivity index (χ1v) is 11.0. The van der Waals surface area contributed by atoms with Crippen molar-refractivity contribution in [3.63, 3.8) is 0 Å². The Hall–Kier alpha value is -1.63. The quantitative estimate of drug-likeness (QED) is 0.644. The molecule has 1 heterocycles. The molecule has 1 aliphatic heterocycles. The summed E-state index contributed by atoms with van der Waals surface area (Å²) in [4.78, 5) is 38.6. The van der Waals surface area contributed by atoms with Crippen LogP contribution in [0.5, 0.6) is 0 Å². The Balaban J connectivity index is 1.52. The minimum atomic E-state index is -1.07. The van der Waals surface area contributed by atoms with Crippen LogP contribution in [0.4, 0.5) is 0 Å². The molecule has 0 aromatic heterocycles. The number of likely N-dealkylation sites (tertiary alicyclic amines) is 1. The summed E-state index contributed by atoms with van der Waals surface area (Å²) in [6.07, 6.45) is 11.4. The summed E-state index contributed by atoms with van der Waals surface area (Å²) in [5, 5.41) is 12.9. The van der Waals surface area contributed by atoms with E-state index < -0.39 is 11.5 Å². The lowest BCUT2D eigenvalue weighted by Gasteiger charge is -2.42. The van der Waals surface area contributed by atoms with Crippen LogP contribution in [0, 0.1) is 5.92 Å². The molecule has 2 saturated carbocycles. The predicted octanol–water partition coefficient (Wildman–Crippen LogP) is 2.48. The molecule has 158 valence electrons. The van der Waals surface area contributed by atoms with E-state index >= 15 is 0 Å². The molecule has 2 N–H and O–H groups in total. The fraction of sp³-hybridized carbons (Fsp3) is 0.857. The van der Waals surface area contributed by atoms with Crippen molar-refractivity contribution in [2.75, 3.05) is 19.6 Å². The van der Waals surface area contributed by atoms with Gasteiger partial charge in [-0.3, -0.25) is 14.9 Å². The molecule has 1 saturated heterocycles. The van der Waals surface area contributed by atoms with Gasteiger partial charge in [-0.05, 0) is 57.3 Å². The van der Waals surface area contributed by atoms with Gasteiger partial charge in [0.25, 0.3) is 0 Å². The minimum absolute atomic E-state index is 0.00305. The van der Waals surface area contributed by atoms with Crippen LogP contribution in [0.25, 0.3) is 0 Å². The summed E-state index contributed by atoms with van der Waals surface area (Å²) < 4.78 is 5.45. The third-order valence-corrected chi connectivity index (χ3v) is 6.77. The molecule has 0 spiro atoms. The smallest absolute Gasteiger partial charge is 0.329 e. The van der Waals surface area contributed by atoms with Crippen molar-refractivity contribution in [2.24, 2.45) is 5.92 Å². The Labute approximate surface area is 167 Å². The number of hydrogen-bond donors (Lipinski definition) is 2. The topological polar surface area (TPSA) is 95.9 Å². The maximum atomic E-state index is 12.8. The number of carbonyl (C=O) groups excluding carboxylic acids is 2. The second kappa shape index (κ2) is 9.72. The second-order valence-electron chi connectivity index (χ2n) is 8.57. The molecule has 1 amide bonds. The average molecular weight is 395 g/mol. The van der Waals surface area contributed by atoms with E-state index in [1.54, 1.807) is 4.90 Å². The van der Waals surface area contributed by atoms with Gasteiger partial charge in [0.05, 0.1) is 13.1 Å². The highest BCUT2D eigenvalue weighted by molar-refractivity contribution is 5.89. The highest BCUT2D eigenvalue weighted by Gasteiger charge is 2.54. The Morgan fingerprint density at radius 1 is 0.929 bits per heavy atom. The maximum Gasteiger partial charge on any atom is 0.329 e. The number of hydrogen-bond acceptors (Lipinski definition) is 5. The van der Waals surface area contributed by atoms with Crippen molar-refractivity contribution in [1.82, 2.24) is 10.2 Å². The van der Waals surface area contributed by atoms with E-state index in [2.05, 4.69) is 5.32 Å². The summed E-state index contributed by atoms with van der Waals surface area (Å²) in [7, 11) is 0. The van der Waals surface area contributed by atoms with Crippen LogP contribution in [-0.2, 0) is 19.1 Å². The lowest BCUT2D eigenvalue weighted by Crippen LogP contribution is -2.59. The molecular weight excluding hydrogens is 360 g/mol. The molecule has 7 nitrogen and oxygen atoms in total. The van der Waals surface area contributed by atoms with Gasteiger partial charge in [0.1, 0.15) is 11.6 Å². The van der Waals surface area contributed by atoms with Crippen LogP contribution in [0.3, 0.4) is 0 Å². The number of carboxylic acid groups (broad SMARTS) is 1. The predicted molar refractivity (Wildman–Crippen MR) is 104 cm³/mol. The number of rotatable bonds is 7. The van der Waals surface area contributed by atoms with Crippen LogP contribution < -0.4 is 5.32 Å². The highest BCUT2D eigenvalue weighted by atomic mass is 16.5. The molecule has 0 aromatic rings. The zero-order valence-electron chi connectivity index (χ0n) is 16.8. The molecule has 3 rings (SSSR count). The third-order valence-electron chi connectivity index (χ3n) is 6.77. The van der Waals surface area contributed by atoms with Gasteiger partial charge in [0, 0.05) is 6.54 Å². The van der Waals surface area contributed by atoms with Crippen molar-refractivity contribution in [3.8, 4) is 0 Å².